The third kappa shape index (κ3) is 5.14. The third-order valence-electron chi connectivity index (χ3n) is 4.10. The summed E-state index contributed by atoms with van der Waals surface area (Å²) in [5.74, 6) is -0.471. The molecule has 0 bridgehead atoms. The van der Waals surface area contributed by atoms with E-state index in [9.17, 15) is 9.59 Å². The fraction of sp³-hybridized carbons (Fsp3) is 0.450. The Morgan fingerprint density at radius 1 is 1.19 bits per heavy atom. The molecule has 0 aliphatic rings. The van der Waals surface area contributed by atoms with Gasteiger partial charge in [-0.1, -0.05) is 51.5 Å². The molecule has 1 atom stereocenters. The van der Waals surface area contributed by atoms with E-state index in [2.05, 4.69) is 46.8 Å². The van der Waals surface area contributed by atoms with E-state index in [0.29, 0.717) is 5.13 Å². The topological polar surface area (TPSA) is 71.1 Å². The van der Waals surface area contributed by atoms with E-state index in [0.717, 1.165) is 29.0 Å². The Morgan fingerprint density at radius 2 is 1.85 bits per heavy atom. The summed E-state index contributed by atoms with van der Waals surface area (Å²) in [4.78, 5) is 29.5. The summed E-state index contributed by atoms with van der Waals surface area (Å²) in [5, 5.41) is 6.09. The van der Waals surface area contributed by atoms with Crippen LogP contribution in [0.5, 0.6) is 0 Å². The van der Waals surface area contributed by atoms with Crippen LogP contribution >= 0.6 is 11.3 Å². The summed E-state index contributed by atoms with van der Waals surface area (Å²) in [6.07, 6.45) is 2.19. The van der Waals surface area contributed by atoms with Gasteiger partial charge in [0.2, 0.25) is 11.8 Å². The maximum atomic E-state index is 12.5. The molecule has 5 nitrogen and oxygen atoms in total. The van der Waals surface area contributed by atoms with Gasteiger partial charge in [-0.15, -0.1) is 11.3 Å². The second kappa shape index (κ2) is 8.94. The van der Waals surface area contributed by atoms with Crippen molar-refractivity contribution in [2.45, 2.75) is 53.5 Å². The smallest absolute Gasteiger partial charge is 0.248 e. The molecule has 140 valence electrons. The van der Waals surface area contributed by atoms with E-state index in [-0.39, 0.29) is 17.7 Å². The summed E-state index contributed by atoms with van der Waals surface area (Å²) in [7, 11) is 0. The van der Waals surface area contributed by atoms with Gasteiger partial charge in [0.25, 0.3) is 0 Å². The number of aryl methyl sites for hydroxylation is 2. The summed E-state index contributed by atoms with van der Waals surface area (Å²) in [6, 6.07) is 7.83. The minimum absolute atomic E-state index is 0.00876. The Morgan fingerprint density at radius 3 is 2.38 bits per heavy atom. The molecule has 2 N–H and O–H groups in total. The number of nitrogens with zero attached hydrogens (tertiary/aromatic N) is 1. The van der Waals surface area contributed by atoms with Crippen LogP contribution in [0.3, 0.4) is 0 Å². The minimum atomic E-state index is -0.575. The number of hydrogen-bond acceptors (Lipinski definition) is 4. The Kier molecular flexibility index (Phi) is 6.91. The molecule has 6 heteroatoms. The van der Waals surface area contributed by atoms with E-state index in [1.165, 1.54) is 23.8 Å². The normalized spacial score (nSPS) is 12.1. The number of carbonyl (C=O) groups excluding carboxylic acids is 2. The average molecular weight is 374 g/mol. The fourth-order valence-corrected chi connectivity index (χ4v) is 3.61. The first-order valence-corrected chi connectivity index (χ1v) is 9.78. The van der Waals surface area contributed by atoms with E-state index < -0.39 is 6.04 Å². The number of thiazole rings is 1. The van der Waals surface area contributed by atoms with Gasteiger partial charge in [-0.05, 0) is 24.8 Å². The van der Waals surface area contributed by atoms with Crippen molar-refractivity contribution in [2.75, 3.05) is 5.32 Å². The molecule has 0 saturated heterocycles. The molecular formula is C20H27N3O2S. The fourth-order valence-electron chi connectivity index (χ4n) is 2.77. The summed E-state index contributed by atoms with van der Waals surface area (Å²) in [5.41, 5.74) is 3.24. The van der Waals surface area contributed by atoms with Gasteiger partial charge >= 0.3 is 0 Å². The highest BCUT2D eigenvalue weighted by Crippen LogP contribution is 2.30. The maximum absolute atomic E-state index is 12.5. The average Bonchev–Trinajstić information content (AvgIpc) is 2.93. The number of hydrogen-bond donors (Lipinski definition) is 2. The number of anilines is 1. The van der Waals surface area contributed by atoms with Crippen molar-refractivity contribution in [3.05, 3.63) is 34.7 Å². The molecule has 0 fully saturated rings. The van der Waals surface area contributed by atoms with Crippen LogP contribution in [-0.2, 0) is 16.0 Å². The zero-order valence-corrected chi connectivity index (χ0v) is 16.9. The van der Waals surface area contributed by atoms with Gasteiger partial charge in [0, 0.05) is 17.4 Å². The Labute approximate surface area is 159 Å². The lowest BCUT2D eigenvalue weighted by Crippen LogP contribution is -2.46. The molecular weight excluding hydrogens is 346 g/mol. The molecule has 1 unspecified atom stereocenters. The van der Waals surface area contributed by atoms with E-state index in [4.69, 9.17) is 0 Å². The molecule has 2 aromatic rings. The van der Waals surface area contributed by atoms with Crippen molar-refractivity contribution < 1.29 is 9.59 Å². The highest BCUT2D eigenvalue weighted by atomic mass is 32.1. The molecule has 0 spiro atoms. The maximum Gasteiger partial charge on any atom is 0.248 e. The lowest BCUT2D eigenvalue weighted by molar-refractivity contribution is -0.126. The first-order chi connectivity index (χ1) is 12.3. The van der Waals surface area contributed by atoms with Crippen LogP contribution in [0, 0.1) is 12.8 Å². The highest BCUT2D eigenvalue weighted by Gasteiger charge is 2.24. The van der Waals surface area contributed by atoms with Crippen LogP contribution in [0.1, 0.15) is 44.6 Å². The van der Waals surface area contributed by atoms with Gasteiger partial charge in [-0.2, -0.15) is 0 Å². The number of amides is 2. The zero-order chi connectivity index (χ0) is 19.3. The molecule has 0 aliphatic carbocycles. The first kappa shape index (κ1) is 20.1. The largest absolute Gasteiger partial charge is 0.344 e. The van der Waals surface area contributed by atoms with Crippen LogP contribution in [-0.4, -0.2) is 22.8 Å². The standard InChI is InChI=1S/C20H27N3O2S/c1-6-7-15-8-10-16(11-9-15)18-13(4)26-20(22-18)23-19(25)17(12(2)3)21-14(5)24/h8-12,17H,6-7H2,1-5H3,(H,21,24)(H,22,23,25). The number of aromatic nitrogens is 1. The zero-order valence-electron chi connectivity index (χ0n) is 16.1. The number of nitrogens with one attached hydrogen (secondary N) is 2. The summed E-state index contributed by atoms with van der Waals surface area (Å²) >= 11 is 1.44. The van der Waals surface area contributed by atoms with E-state index in [1.54, 1.807) is 0 Å². The van der Waals surface area contributed by atoms with Gasteiger partial charge in [0.15, 0.2) is 5.13 Å². The SMILES string of the molecule is CCCc1ccc(-c2nc(NC(=O)C(NC(C)=O)C(C)C)sc2C)cc1. The molecule has 0 aliphatic heterocycles. The number of rotatable bonds is 7. The second-order valence-corrected chi connectivity index (χ2v) is 7.99. The number of benzene rings is 1. The van der Waals surface area contributed by atoms with Crippen LogP contribution in [0.4, 0.5) is 5.13 Å². The summed E-state index contributed by atoms with van der Waals surface area (Å²) < 4.78 is 0. The highest BCUT2D eigenvalue weighted by molar-refractivity contribution is 7.16. The van der Waals surface area contributed by atoms with Gasteiger partial charge in [-0.25, -0.2) is 4.98 Å². The predicted molar refractivity (Wildman–Crippen MR) is 107 cm³/mol. The Balaban J connectivity index is 2.16. The van der Waals surface area contributed by atoms with Crippen molar-refractivity contribution >= 4 is 28.3 Å². The molecule has 2 amide bonds. The van der Waals surface area contributed by atoms with Gasteiger partial charge < -0.3 is 10.6 Å². The van der Waals surface area contributed by atoms with Crippen molar-refractivity contribution in [1.29, 1.82) is 0 Å². The van der Waals surface area contributed by atoms with Crippen molar-refractivity contribution in [1.82, 2.24) is 10.3 Å². The van der Waals surface area contributed by atoms with Crippen molar-refractivity contribution in [2.24, 2.45) is 5.92 Å². The van der Waals surface area contributed by atoms with Gasteiger partial charge in [0.1, 0.15) is 6.04 Å². The molecule has 2 rings (SSSR count). The molecule has 0 radical (unpaired) electrons. The predicted octanol–water partition coefficient (Wildman–Crippen LogP) is 4.17. The molecule has 0 saturated carbocycles. The van der Waals surface area contributed by atoms with E-state index >= 15 is 0 Å². The molecule has 1 heterocycles. The van der Waals surface area contributed by atoms with Gasteiger partial charge in [0.05, 0.1) is 5.69 Å². The van der Waals surface area contributed by atoms with Crippen LogP contribution in [0.2, 0.25) is 0 Å². The van der Waals surface area contributed by atoms with Crippen LogP contribution in [0.25, 0.3) is 11.3 Å². The minimum Gasteiger partial charge on any atom is -0.344 e. The van der Waals surface area contributed by atoms with Crippen LogP contribution < -0.4 is 10.6 Å². The molecule has 26 heavy (non-hydrogen) atoms. The van der Waals surface area contributed by atoms with Crippen LogP contribution in [0.15, 0.2) is 24.3 Å². The first-order valence-electron chi connectivity index (χ1n) is 8.96. The van der Waals surface area contributed by atoms with Crippen molar-refractivity contribution in [3.8, 4) is 11.3 Å². The van der Waals surface area contributed by atoms with Crippen molar-refractivity contribution in [3.63, 3.8) is 0 Å². The lowest BCUT2D eigenvalue weighted by atomic mass is 10.0. The second-order valence-electron chi connectivity index (χ2n) is 6.78. The van der Waals surface area contributed by atoms with E-state index in [1.807, 2.05) is 20.8 Å². The number of carbonyl (C=O) groups is 2. The van der Waals surface area contributed by atoms with Gasteiger partial charge in [-0.3, -0.25) is 9.59 Å². The molecule has 1 aromatic heterocycles. The Bertz CT molecular complexity index is 766. The molecule has 1 aromatic carbocycles. The Hall–Kier alpha value is -2.21. The lowest BCUT2D eigenvalue weighted by Gasteiger charge is -2.20. The third-order valence-corrected chi connectivity index (χ3v) is 4.99. The quantitative estimate of drug-likeness (QED) is 0.765. The summed E-state index contributed by atoms with van der Waals surface area (Å²) in [6.45, 7) is 9.37. The monoisotopic (exact) mass is 373 g/mol.